The molecule has 0 aliphatic carbocycles. The van der Waals surface area contributed by atoms with Crippen LogP contribution in [0.2, 0.25) is 0 Å². The van der Waals surface area contributed by atoms with Gasteiger partial charge in [0.05, 0.1) is 13.1 Å². The second-order valence-corrected chi connectivity index (χ2v) is 4.05. The van der Waals surface area contributed by atoms with Gasteiger partial charge < -0.3 is 15.0 Å². The van der Waals surface area contributed by atoms with Crippen LogP contribution in [0.4, 0.5) is 0 Å². The minimum absolute atomic E-state index is 0.377. The van der Waals surface area contributed by atoms with Crippen molar-refractivity contribution in [2.24, 2.45) is 5.73 Å². The maximum Gasteiger partial charge on any atom is 0.119 e. The molecule has 0 radical (unpaired) electrons. The number of nitrogens with two attached hydrogens (primary N) is 1. The topological polar surface area (TPSA) is 53.1 Å². The Hall–Kier alpha value is -2.25. The first kappa shape index (κ1) is 13.2. The second kappa shape index (κ2) is 6.62. The highest BCUT2D eigenvalue weighted by molar-refractivity contribution is 5.38. The van der Waals surface area contributed by atoms with Gasteiger partial charge in [0.15, 0.2) is 0 Å². The molecule has 0 spiro atoms. The molecule has 1 aromatic carbocycles. The third-order valence-corrected chi connectivity index (χ3v) is 2.71. The fraction of sp³-hybridized carbons (Fsp3) is 0.267. The molecule has 0 aliphatic heterocycles. The van der Waals surface area contributed by atoms with Gasteiger partial charge in [-0.3, -0.25) is 0 Å². The quantitative estimate of drug-likeness (QED) is 0.844. The Morgan fingerprint density at radius 3 is 2.74 bits per heavy atom. The zero-order valence-electron chi connectivity index (χ0n) is 11.0. The number of aromatic nitrogens is 2. The van der Waals surface area contributed by atoms with Crippen LogP contribution >= 0.6 is 0 Å². The van der Waals surface area contributed by atoms with Crippen LogP contribution in [0.5, 0.6) is 5.75 Å². The maximum absolute atomic E-state index is 5.67. The van der Waals surface area contributed by atoms with Crippen LogP contribution < -0.4 is 10.5 Å². The van der Waals surface area contributed by atoms with Gasteiger partial charge >= 0.3 is 0 Å². The number of ether oxygens (including phenoxy) is 1. The summed E-state index contributed by atoms with van der Waals surface area (Å²) in [5, 5.41) is 0. The molecule has 0 amide bonds. The van der Waals surface area contributed by atoms with Crippen molar-refractivity contribution >= 4 is 0 Å². The molecule has 2 aromatic rings. The molecule has 1 aromatic heterocycles. The Morgan fingerprint density at radius 2 is 2.11 bits per heavy atom. The van der Waals surface area contributed by atoms with Crippen molar-refractivity contribution in [3.05, 3.63) is 48.0 Å². The molecular weight excluding hydrogens is 238 g/mol. The van der Waals surface area contributed by atoms with E-state index in [0.29, 0.717) is 13.2 Å². The number of rotatable bonds is 4. The summed E-state index contributed by atoms with van der Waals surface area (Å²) in [6, 6.07) is 7.70. The summed E-state index contributed by atoms with van der Waals surface area (Å²) < 4.78 is 7.73. The number of aryl methyl sites for hydroxylation is 1. The van der Waals surface area contributed by atoms with Crippen molar-refractivity contribution in [1.82, 2.24) is 9.55 Å². The highest BCUT2D eigenvalue weighted by Gasteiger charge is 1.97. The number of benzene rings is 1. The van der Waals surface area contributed by atoms with Crippen molar-refractivity contribution in [2.75, 3.05) is 13.2 Å². The molecule has 19 heavy (non-hydrogen) atoms. The summed E-state index contributed by atoms with van der Waals surface area (Å²) in [6.07, 6.45) is 3.74. The third-order valence-electron chi connectivity index (χ3n) is 2.71. The lowest BCUT2D eigenvalue weighted by Gasteiger charge is -2.08. The van der Waals surface area contributed by atoms with Crippen molar-refractivity contribution in [1.29, 1.82) is 0 Å². The largest absolute Gasteiger partial charge is 0.492 e. The lowest BCUT2D eigenvalue weighted by atomic mass is 10.2. The van der Waals surface area contributed by atoms with Crippen molar-refractivity contribution < 1.29 is 4.74 Å². The lowest BCUT2D eigenvalue weighted by molar-refractivity contribution is 0.297. The standard InChI is InChI=1S/C15H17N3O/c1-13-17-9-10-18(13)11-12-19-15-6-4-14(5-7-15)3-2-8-16/h4-7,9-10H,8,11-12,16H2,1H3. The molecule has 2 rings (SSSR count). The van der Waals surface area contributed by atoms with Crippen LogP contribution in [0.25, 0.3) is 0 Å². The lowest BCUT2D eigenvalue weighted by Crippen LogP contribution is -2.08. The predicted molar refractivity (Wildman–Crippen MR) is 74.8 cm³/mol. The van der Waals surface area contributed by atoms with E-state index in [4.69, 9.17) is 10.5 Å². The minimum atomic E-state index is 0.377. The van der Waals surface area contributed by atoms with Crippen LogP contribution in [0.1, 0.15) is 11.4 Å². The van der Waals surface area contributed by atoms with E-state index in [1.807, 2.05) is 37.4 Å². The number of hydrogen-bond acceptors (Lipinski definition) is 3. The molecular formula is C15H17N3O. The number of nitrogens with zero attached hydrogens (tertiary/aromatic N) is 2. The van der Waals surface area contributed by atoms with Crippen molar-refractivity contribution in [3.8, 4) is 17.6 Å². The Balaban J connectivity index is 1.85. The van der Waals surface area contributed by atoms with Gasteiger partial charge in [-0.25, -0.2) is 4.98 Å². The average molecular weight is 255 g/mol. The molecule has 0 saturated carbocycles. The summed E-state index contributed by atoms with van der Waals surface area (Å²) in [5.41, 5.74) is 6.27. The Labute approximate surface area is 113 Å². The zero-order valence-corrected chi connectivity index (χ0v) is 11.0. The molecule has 0 bridgehead atoms. The van der Waals surface area contributed by atoms with E-state index < -0.39 is 0 Å². The molecule has 0 saturated heterocycles. The smallest absolute Gasteiger partial charge is 0.119 e. The van der Waals surface area contributed by atoms with E-state index in [1.165, 1.54) is 0 Å². The Bertz CT molecular complexity index is 575. The summed E-state index contributed by atoms with van der Waals surface area (Å²) >= 11 is 0. The molecule has 4 nitrogen and oxygen atoms in total. The van der Waals surface area contributed by atoms with E-state index in [2.05, 4.69) is 21.4 Å². The Kier molecular flexibility index (Phi) is 4.60. The molecule has 0 fully saturated rings. The van der Waals surface area contributed by atoms with E-state index in [1.54, 1.807) is 6.20 Å². The van der Waals surface area contributed by atoms with Crippen LogP contribution in [-0.4, -0.2) is 22.7 Å². The van der Waals surface area contributed by atoms with Crippen molar-refractivity contribution in [2.45, 2.75) is 13.5 Å². The SMILES string of the molecule is Cc1nccn1CCOc1ccc(C#CCN)cc1. The summed E-state index contributed by atoms with van der Waals surface area (Å²) in [7, 11) is 0. The number of imidazole rings is 1. The van der Waals surface area contributed by atoms with Crippen LogP contribution in [0, 0.1) is 18.8 Å². The summed E-state index contributed by atoms with van der Waals surface area (Å²) in [4.78, 5) is 4.16. The monoisotopic (exact) mass is 255 g/mol. The highest BCUT2D eigenvalue weighted by Crippen LogP contribution is 2.11. The van der Waals surface area contributed by atoms with Gasteiger partial charge in [0.1, 0.15) is 18.2 Å². The van der Waals surface area contributed by atoms with Gasteiger partial charge in [-0.05, 0) is 31.2 Å². The van der Waals surface area contributed by atoms with Gasteiger partial charge in [0, 0.05) is 18.0 Å². The molecule has 4 heteroatoms. The van der Waals surface area contributed by atoms with Gasteiger partial charge in [0.2, 0.25) is 0 Å². The van der Waals surface area contributed by atoms with Gasteiger partial charge in [-0.1, -0.05) is 11.8 Å². The Morgan fingerprint density at radius 1 is 1.32 bits per heavy atom. The first-order valence-electron chi connectivity index (χ1n) is 6.19. The first-order valence-corrected chi connectivity index (χ1v) is 6.19. The maximum atomic E-state index is 5.67. The van der Waals surface area contributed by atoms with Gasteiger partial charge in [0.25, 0.3) is 0 Å². The first-order chi connectivity index (χ1) is 9.29. The average Bonchev–Trinajstić information content (AvgIpc) is 2.84. The minimum Gasteiger partial charge on any atom is -0.492 e. The van der Waals surface area contributed by atoms with Gasteiger partial charge in [-0.15, -0.1) is 0 Å². The highest BCUT2D eigenvalue weighted by atomic mass is 16.5. The van der Waals surface area contributed by atoms with E-state index in [-0.39, 0.29) is 0 Å². The third kappa shape index (κ3) is 3.87. The van der Waals surface area contributed by atoms with Crippen LogP contribution in [0.15, 0.2) is 36.7 Å². The van der Waals surface area contributed by atoms with Crippen LogP contribution in [-0.2, 0) is 6.54 Å². The van der Waals surface area contributed by atoms with Crippen LogP contribution in [0.3, 0.4) is 0 Å². The van der Waals surface area contributed by atoms with Gasteiger partial charge in [-0.2, -0.15) is 0 Å². The normalized spacial score (nSPS) is 9.79. The second-order valence-electron chi connectivity index (χ2n) is 4.05. The predicted octanol–water partition coefficient (Wildman–Crippen LogP) is 1.58. The van der Waals surface area contributed by atoms with E-state index in [0.717, 1.165) is 23.7 Å². The molecule has 2 N–H and O–H groups in total. The van der Waals surface area contributed by atoms with E-state index in [9.17, 15) is 0 Å². The van der Waals surface area contributed by atoms with Crippen molar-refractivity contribution in [3.63, 3.8) is 0 Å². The molecule has 0 atom stereocenters. The molecule has 0 aliphatic rings. The summed E-state index contributed by atoms with van der Waals surface area (Å²) in [6.45, 7) is 3.76. The molecule has 1 heterocycles. The summed E-state index contributed by atoms with van der Waals surface area (Å²) in [5.74, 6) is 7.63. The van der Waals surface area contributed by atoms with E-state index >= 15 is 0 Å². The molecule has 0 unspecified atom stereocenters. The number of hydrogen-bond donors (Lipinski definition) is 1. The fourth-order valence-corrected chi connectivity index (χ4v) is 1.69. The molecule has 98 valence electrons. The fourth-order valence-electron chi connectivity index (χ4n) is 1.69. The zero-order chi connectivity index (χ0) is 13.5.